The zero-order chi connectivity index (χ0) is 4.00. The third-order valence-corrected chi connectivity index (χ3v) is 0. The second-order valence-corrected chi connectivity index (χ2v) is 0. The van der Waals surface area contributed by atoms with E-state index < -0.39 is 0 Å². The molecule has 22 valence electrons. The molecule has 0 aromatic rings. The molecule has 0 atom stereocenters. The van der Waals surface area contributed by atoms with Gasteiger partial charge in [-0.15, -0.1) is 0 Å². The van der Waals surface area contributed by atoms with Crippen LogP contribution in [-0.4, -0.2) is 0 Å². The van der Waals surface area contributed by atoms with E-state index in [1.807, 2.05) is 0 Å². The van der Waals surface area contributed by atoms with Crippen molar-refractivity contribution in [3.05, 3.63) is 0 Å². The van der Waals surface area contributed by atoms with Gasteiger partial charge in [0.2, 0.25) is 0 Å². The quantitative estimate of drug-likeness (QED) is 0.520. The molecule has 0 aliphatic carbocycles. The molecule has 0 radical (unpaired) electrons. The summed E-state index contributed by atoms with van der Waals surface area (Å²) >= 11 is 2.28. The molecule has 0 saturated heterocycles. The van der Waals surface area contributed by atoms with Gasteiger partial charge in [-0.1, -0.05) is 0 Å². The Morgan fingerprint density at radius 3 is 1.50 bits per heavy atom. The van der Waals surface area contributed by atoms with E-state index in [0.29, 0.717) is 0 Å². The minimum atomic E-state index is 0.750. The van der Waals surface area contributed by atoms with Crippen LogP contribution in [0.4, 0.5) is 0 Å². The third kappa shape index (κ3) is 9.93. The van der Waals surface area contributed by atoms with Crippen molar-refractivity contribution in [2.24, 2.45) is 0 Å². The molecule has 1 nitrogen and oxygen atoms in total. The van der Waals surface area contributed by atoms with Crippen molar-refractivity contribution >= 4 is 9.82 Å². The first-order valence-electron chi connectivity index (χ1n) is 0.371. The molecular formula is MoOSTi. The molecule has 0 aromatic carbocycles. The van der Waals surface area contributed by atoms with E-state index in [1.54, 1.807) is 0 Å². The van der Waals surface area contributed by atoms with Crippen molar-refractivity contribution in [1.82, 2.24) is 0 Å². The summed E-state index contributed by atoms with van der Waals surface area (Å²) in [5.41, 5.74) is 0. The molecule has 0 saturated carbocycles. The number of hydrogen-bond acceptors (Lipinski definition) is 2. The summed E-state index contributed by atoms with van der Waals surface area (Å²) in [6.45, 7) is 0. The predicted molar refractivity (Wildman–Crippen MR) is 8.28 cm³/mol. The summed E-state index contributed by atoms with van der Waals surface area (Å²) < 4.78 is 8.25. The van der Waals surface area contributed by atoms with E-state index in [1.165, 1.54) is 18.0 Å². The Kier molecular flexibility index (Phi) is 57.9. The number of hydrogen-bond donors (Lipinski definition) is 0. The van der Waals surface area contributed by atoms with Gasteiger partial charge in [-0.3, -0.25) is 0 Å². The summed E-state index contributed by atoms with van der Waals surface area (Å²) in [6, 6.07) is 0. The van der Waals surface area contributed by atoms with Crippen LogP contribution in [-0.2, 0) is 41.7 Å². The molecular weight excluding hydrogens is 192 g/mol. The fourth-order valence-corrected chi connectivity index (χ4v) is 0. The molecule has 0 aromatic heterocycles. The molecule has 0 unspecified atom stereocenters. The Labute approximate surface area is 51.2 Å². The Hall–Kier alpha value is 1.42. The Bertz CT molecular complexity index is 10.0. The molecule has 0 aliphatic rings. The van der Waals surface area contributed by atoms with Gasteiger partial charge in [0.15, 0.2) is 0 Å². The summed E-state index contributed by atoms with van der Waals surface area (Å²) in [4.78, 5) is 0. The van der Waals surface area contributed by atoms with Gasteiger partial charge in [0.1, 0.15) is 0 Å². The first kappa shape index (κ1) is 9.05. The fourth-order valence-electron chi connectivity index (χ4n) is 0. The van der Waals surface area contributed by atoms with Gasteiger partial charge in [-0.05, 0) is 0 Å². The van der Waals surface area contributed by atoms with E-state index in [2.05, 4.69) is 9.82 Å². The van der Waals surface area contributed by atoms with E-state index in [0.717, 1.165) is 20.4 Å². The normalized spacial score (nSPS) is 1.75. The van der Waals surface area contributed by atoms with Crippen LogP contribution in [0.15, 0.2) is 0 Å². The first-order chi connectivity index (χ1) is 2.00. The average Bonchev–Trinajstić information content (AvgIpc) is 1.50. The fraction of sp³-hybridized carbons (Fsp3) is 0. The van der Waals surface area contributed by atoms with E-state index in [9.17, 15) is 0 Å². The molecule has 4 heteroatoms. The van der Waals surface area contributed by atoms with Crippen molar-refractivity contribution in [3.8, 4) is 0 Å². The van der Waals surface area contributed by atoms with E-state index >= 15 is 0 Å². The van der Waals surface area contributed by atoms with Gasteiger partial charge in [0.05, 0.1) is 0 Å². The van der Waals surface area contributed by atoms with Crippen molar-refractivity contribution in [1.29, 1.82) is 0 Å². The monoisotopic (exact) mass is 194 g/mol. The average molecular weight is 192 g/mol. The summed E-state index contributed by atoms with van der Waals surface area (Å²) in [7, 11) is 4.09. The number of rotatable bonds is 0. The van der Waals surface area contributed by atoms with Gasteiger partial charge in [0.25, 0.3) is 0 Å². The Morgan fingerprint density at radius 2 is 1.50 bits per heavy atom. The van der Waals surface area contributed by atoms with Gasteiger partial charge < -0.3 is 0 Å². The van der Waals surface area contributed by atoms with Crippen LogP contribution in [0.1, 0.15) is 0 Å². The van der Waals surface area contributed by atoms with Crippen LogP contribution in [0.5, 0.6) is 0 Å². The first-order valence-corrected chi connectivity index (χ1v) is 3.80. The second kappa shape index (κ2) is 25.6. The molecule has 0 heterocycles. The summed E-state index contributed by atoms with van der Waals surface area (Å²) in [5, 5.41) is 0. The van der Waals surface area contributed by atoms with Crippen molar-refractivity contribution in [2.45, 2.75) is 0 Å². The van der Waals surface area contributed by atoms with Crippen molar-refractivity contribution < 1.29 is 41.7 Å². The standard InChI is InChI=1S/Mo.O.S.Ti. The van der Waals surface area contributed by atoms with E-state index in [-0.39, 0.29) is 0 Å². The van der Waals surface area contributed by atoms with Crippen LogP contribution in [0.3, 0.4) is 0 Å². The van der Waals surface area contributed by atoms with Crippen LogP contribution < -0.4 is 0 Å². The van der Waals surface area contributed by atoms with Crippen molar-refractivity contribution in [3.63, 3.8) is 0 Å². The van der Waals surface area contributed by atoms with Crippen molar-refractivity contribution in [2.75, 3.05) is 0 Å². The van der Waals surface area contributed by atoms with Gasteiger partial charge in [0, 0.05) is 0 Å². The topological polar surface area (TPSA) is 17.1 Å². The summed E-state index contributed by atoms with van der Waals surface area (Å²) in [5.74, 6) is 0. The van der Waals surface area contributed by atoms with Crippen LogP contribution >= 0.6 is 9.82 Å². The second-order valence-electron chi connectivity index (χ2n) is 0. The third-order valence-electron chi connectivity index (χ3n) is 0. The zero-order valence-corrected chi connectivity index (χ0v) is 6.11. The van der Waals surface area contributed by atoms with E-state index in [4.69, 9.17) is 3.32 Å². The molecule has 4 heavy (non-hydrogen) atoms. The molecule has 0 aliphatic heterocycles. The van der Waals surface area contributed by atoms with Crippen LogP contribution in [0.25, 0.3) is 0 Å². The minimum absolute atomic E-state index is 0.750. The van der Waals surface area contributed by atoms with Gasteiger partial charge in [-0.2, -0.15) is 0 Å². The predicted octanol–water partition coefficient (Wildman–Crippen LogP) is 0.524. The zero-order valence-electron chi connectivity index (χ0n) is 1.72. The van der Waals surface area contributed by atoms with Crippen LogP contribution in [0.2, 0.25) is 0 Å². The molecule has 0 bridgehead atoms. The Balaban J connectivity index is 0. The SMILES string of the molecule is [O]=[Ti].[S]=[Mo]. The van der Waals surface area contributed by atoms with Gasteiger partial charge >= 0.3 is 51.5 Å². The molecule has 0 N–H and O–H groups in total. The van der Waals surface area contributed by atoms with Crippen LogP contribution in [0, 0.1) is 0 Å². The maximum atomic E-state index is 8.25. The van der Waals surface area contributed by atoms with Gasteiger partial charge in [-0.25, -0.2) is 0 Å². The molecule has 0 rings (SSSR count). The summed E-state index contributed by atoms with van der Waals surface area (Å²) in [6.07, 6.45) is 0. The molecule has 0 fully saturated rings. The molecule has 0 spiro atoms. The maximum absolute atomic E-state index is 8.25. The molecule has 0 amide bonds. The Morgan fingerprint density at radius 1 is 1.50 bits per heavy atom.